The molecule has 3 heterocycles. The number of aryl methyl sites for hydroxylation is 1. The van der Waals surface area contributed by atoms with Gasteiger partial charge in [0, 0.05) is 19.2 Å². The molecule has 8 nitrogen and oxygen atoms in total. The minimum absolute atomic E-state index is 0.0175. The highest BCUT2D eigenvalue weighted by Crippen LogP contribution is 2.23. The van der Waals surface area contributed by atoms with E-state index in [1.165, 1.54) is 6.20 Å². The van der Waals surface area contributed by atoms with Crippen LogP contribution in [0, 0.1) is 6.92 Å². The van der Waals surface area contributed by atoms with E-state index >= 15 is 0 Å². The van der Waals surface area contributed by atoms with Gasteiger partial charge in [-0.05, 0) is 19.4 Å². The zero-order chi connectivity index (χ0) is 19.0. The van der Waals surface area contributed by atoms with Crippen LogP contribution < -0.4 is 5.56 Å². The summed E-state index contributed by atoms with van der Waals surface area (Å²) >= 11 is 0. The average Bonchev–Trinajstić information content (AvgIpc) is 3.05. The highest BCUT2D eigenvalue weighted by Gasteiger charge is 2.30. The summed E-state index contributed by atoms with van der Waals surface area (Å²) in [4.78, 5) is 33.1. The number of hydrogen-bond donors (Lipinski definition) is 1. The van der Waals surface area contributed by atoms with Crippen LogP contribution in [0.4, 0.5) is 0 Å². The molecule has 3 aromatic rings. The van der Waals surface area contributed by atoms with Gasteiger partial charge in [0.15, 0.2) is 5.82 Å². The number of benzene rings is 1. The summed E-state index contributed by atoms with van der Waals surface area (Å²) < 4.78 is 2.09. The lowest BCUT2D eigenvalue weighted by molar-refractivity contribution is 0.0677. The molecule has 2 aromatic heterocycles. The van der Waals surface area contributed by atoms with E-state index in [2.05, 4.69) is 36.9 Å². The summed E-state index contributed by atoms with van der Waals surface area (Å²) in [5.74, 6) is 1.75. The predicted octanol–water partition coefficient (Wildman–Crippen LogP) is 1.48. The molecule has 27 heavy (non-hydrogen) atoms. The molecule has 0 spiro atoms. The minimum Gasteiger partial charge on any atom is -0.329 e. The number of aromatic nitrogens is 5. The Bertz CT molecular complexity index is 1040. The Morgan fingerprint density at radius 1 is 1.26 bits per heavy atom. The molecular weight excluding hydrogens is 344 g/mol. The number of rotatable bonds is 3. The van der Waals surface area contributed by atoms with Crippen molar-refractivity contribution in [1.29, 1.82) is 0 Å². The van der Waals surface area contributed by atoms with Crippen LogP contribution in [0.15, 0.2) is 41.3 Å². The number of amides is 1. The molecule has 0 fully saturated rings. The lowest BCUT2D eigenvalue weighted by atomic mass is 10.1. The Morgan fingerprint density at radius 2 is 2.04 bits per heavy atom. The molecule has 0 saturated carbocycles. The molecule has 1 aromatic carbocycles. The smallest absolute Gasteiger partial charge is 0.263 e. The molecule has 0 bridgehead atoms. The second-order valence-corrected chi connectivity index (χ2v) is 6.81. The van der Waals surface area contributed by atoms with Crippen molar-refractivity contribution in [2.24, 2.45) is 0 Å². The zero-order valence-corrected chi connectivity index (χ0v) is 15.2. The topological polar surface area (TPSA) is 96.8 Å². The normalized spacial score (nSPS) is 16.2. The van der Waals surface area contributed by atoms with E-state index in [1.54, 1.807) is 11.8 Å². The van der Waals surface area contributed by atoms with Gasteiger partial charge < -0.3 is 14.5 Å². The van der Waals surface area contributed by atoms with E-state index in [-0.39, 0.29) is 17.5 Å². The first-order valence-corrected chi connectivity index (χ1v) is 8.84. The Kier molecular flexibility index (Phi) is 4.31. The van der Waals surface area contributed by atoms with E-state index in [0.29, 0.717) is 25.3 Å². The van der Waals surface area contributed by atoms with Crippen LogP contribution in [-0.4, -0.2) is 42.1 Å². The number of nitrogens with zero attached hydrogens (tertiary/aromatic N) is 5. The maximum Gasteiger partial charge on any atom is 0.263 e. The Hall–Kier alpha value is -3.29. The van der Waals surface area contributed by atoms with Gasteiger partial charge >= 0.3 is 0 Å². The van der Waals surface area contributed by atoms with Gasteiger partial charge in [-0.15, -0.1) is 10.2 Å². The van der Waals surface area contributed by atoms with Crippen molar-refractivity contribution in [1.82, 2.24) is 29.6 Å². The quantitative estimate of drug-likeness (QED) is 0.759. The predicted molar refractivity (Wildman–Crippen MR) is 98.3 cm³/mol. The maximum absolute atomic E-state index is 12.8. The van der Waals surface area contributed by atoms with Crippen LogP contribution in [0.25, 0.3) is 0 Å². The first-order chi connectivity index (χ1) is 13.0. The first-order valence-electron chi connectivity index (χ1n) is 8.84. The lowest BCUT2D eigenvalue weighted by Crippen LogP contribution is -2.42. The van der Waals surface area contributed by atoms with Gasteiger partial charge in [0.25, 0.3) is 11.5 Å². The number of H-pyrrole nitrogens is 1. The third-order valence-electron chi connectivity index (χ3n) is 4.74. The van der Waals surface area contributed by atoms with Crippen molar-refractivity contribution in [2.45, 2.75) is 32.9 Å². The summed E-state index contributed by atoms with van der Waals surface area (Å²) in [7, 11) is 0. The van der Waals surface area contributed by atoms with E-state index in [0.717, 1.165) is 17.2 Å². The fraction of sp³-hybridized carbons (Fsp3) is 0.316. The number of fused-ring (bicyclic) bond motifs is 1. The molecule has 8 heteroatoms. The van der Waals surface area contributed by atoms with E-state index in [4.69, 9.17) is 0 Å². The summed E-state index contributed by atoms with van der Waals surface area (Å²) in [6, 6.07) is 10.1. The number of carbonyl (C=O) groups is 1. The van der Waals surface area contributed by atoms with Crippen molar-refractivity contribution in [3.63, 3.8) is 0 Å². The molecule has 0 aliphatic carbocycles. The molecule has 0 saturated heterocycles. The largest absolute Gasteiger partial charge is 0.329 e. The molecule has 4 rings (SSSR count). The second kappa shape index (κ2) is 6.79. The van der Waals surface area contributed by atoms with Crippen molar-refractivity contribution in [3.8, 4) is 0 Å². The third kappa shape index (κ3) is 3.25. The van der Waals surface area contributed by atoms with E-state index < -0.39 is 5.56 Å². The monoisotopic (exact) mass is 364 g/mol. The van der Waals surface area contributed by atoms with Crippen LogP contribution in [0.1, 0.15) is 46.4 Å². The summed E-state index contributed by atoms with van der Waals surface area (Å²) in [6.07, 6.45) is 2.02. The molecule has 1 N–H and O–H groups in total. The molecule has 1 atom stereocenters. The van der Waals surface area contributed by atoms with Gasteiger partial charge in [0.1, 0.15) is 17.2 Å². The zero-order valence-electron chi connectivity index (χ0n) is 15.2. The third-order valence-corrected chi connectivity index (χ3v) is 4.74. The van der Waals surface area contributed by atoms with Gasteiger partial charge in [0.05, 0.1) is 12.6 Å². The number of aromatic amines is 1. The summed E-state index contributed by atoms with van der Waals surface area (Å²) in [6.45, 7) is 4.51. The molecule has 1 aliphatic rings. The van der Waals surface area contributed by atoms with Gasteiger partial charge in [-0.25, -0.2) is 4.98 Å². The molecule has 138 valence electrons. The van der Waals surface area contributed by atoms with Crippen molar-refractivity contribution >= 4 is 5.91 Å². The van der Waals surface area contributed by atoms with Crippen LogP contribution >= 0.6 is 0 Å². The first kappa shape index (κ1) is 17.1. The highest BCUT2D eigenvalue weighted by atomic mass is 16.2. The second-order valence-electron chi connectivity index (χ2n) is 6.81. The summed E-state index contributed by atoms with van der Waals surface area (Å²) in [5, 5.41) is 8.62. The Balaban J connectivity index is 1.59. The number of nitrogens with one attached hydrogen (secondary N) is 1. The van der Waals surface area contributed by atoms with Gasteiger partial charge in [-0.2, -0.15) is 0 Å². The van der Waals surface area contributed by atoms with Crippen LogP contribution in [0.2, 0.25) is 0 Å². The van der Waals surface area contributed by atoms with Gasteiger partial charge in [-0.1, -0.05) is 30.3 Å². The van der Waals surface area contributed by atoms with Gasteiger partial charge in [0.2, 0.25) is 0 Å². The molecule has 0 unspecified atom stereocenters. The standard InChI is InChI=1S/C19H20N6O2/c1-12-10-24(19(27)15-9-20-13(2)21-18(15)26)11-17-23-22-16(25(12)17)8-14-6-4-3-5-7-14/h3-7,9,12H,8,10-11H2,1-2H3,(H,20,21,26)/t12-/m0/s1. The number of carbonyl (C=O) groups excluding carboxylic acids is 1. The SMILES string of the molecule is Cc1ncc(C(=O)N2Cc3nnc(Cc4ccccc4)n3[C@@H](C)C2)c(=O)[nH]1. The van der Waals surface area contributed by atoms with Crippen LogP contribution in [-0.2, 0) is 13.0 Å². The summed E-state index contributed by atoms with van der Waals surface area (Å²) in [5.41, 5.74) is 0.790. The van der Waals surface area contributed by atoms with Crippen molar-refractivity contribution < 1.29 is 4.79 Å². The molecule has 0 radical (unpaired) electrons. The highest BCUT2D eigenvalue weighted by molar-refractivity contribution is 5.93. The van der Waals surface area contributed by atoms with Crippen molar-refractivity contribution in [2.75, 3.05) is 6.54 Å². The Labute approximate surface area is 155 Å². The maximum atomic E-state index is 12.8. The van der Waals surface area contributed by atoms with E-state index in [1.807, 2.05) is 25.1 Å². The lowest BCUT2D eigenvalue weighted by Gasteiger charge is -2.32. The van der Waals surface area contributed by atoms with Crippen LogP contribution in [0.3, 0.4) is 0 Å². The van der Waals surface area contributed by atoms with Crippen molar-refractivity contribution in [3.05, 3.63) is 75.5 Å². The fourth-order valence-electron chi connectivity index (χ4n) is 3.47. The number of hydrogen-bond acceptors (Lipinski definition) is 5. The molecular formula is C19H20N6O2. The molecule has 1 aliphatic heterocycles. The van der Waals surface area contributed by atoms with Gasteiger partial charge in [-0.3, -0.25) is 9.59 Å². The van der Waals surface area contributed by atoms with E-state index in [9.17, 15) is 9.59 Å². The minimum atomic E-state index is -0.419. The fourth-order valence-corrected chi connectivity index (χ4v) is 3.47. The average molecular weight is 364 g/mol. The van der Waals surface area contributed by atoms with Crippen LogP contribution in [0.5, 0.6) is 0 Å². The Morgan fingerprint density at radius 3 is 2.78 bits per heavy atom. The molecule has 1 amide bonds.